The van der Waals surface area contributed by atoms with Crippen LogP contribution in [0.5, 0.6) is 0 Å². The van der Waals surface area contributed by atoms with Crippen molar-refractivity contribution >= 4 is 11.8 Å². The van der Waals surface area contributed by atoms with E-state index in [0.29, 0.717) is 30.4 Å². The average molecular weight is 460 g/mol. The number of hydrogen-bond acceptors (Lipinski definition) is 4. The number of carboxylic acids is 1. The lowest BCUT2D eigenvalue weighted by Gasteiger charge is -2.43. The zero-order valence-corrected chi connectivity index (χ0v) is 20.0. The highest BCUT2D eigenvalue weighted by molar-refractivity contribution is 5.86. The Hall–Kier alpha value is -1.79. The van der Waals surface area contributed by atoms with Gasteiger partial charge in [0.1, 0.15) is 11.4 Å². The van der Waals surface area contributed by atoms with Gasteiger partial charge >= 0.3 is 5.97 Å². The van der Waals surface area contributed by atoms with E-state index in [1.165, 1.54) is 6.07 Å². The van der Waals surface area contributed by atoms with E-state index in [-0.39, 0.29) is 17.8 Å². The summed E-state index contributed by atoms with van der Waals surface area (Å²) < 4.78 is 20.4. The van der Waals surface area contributed by atoms with Gasteiger partial charge in [0.2, 0.25) is 0 Å². The van der Waals surface area contributed by atoms with Crippen LogP contribution in [0.1, 0.15) is 82.3 Å². The Balaban J connectivity index is 1.39. The molecule has 33 heavy (non-hydrogen) atoms. The van der Waals surface area contributed by atoms with Crippen LogP contribution in [0.15, 0.2) is 18.2 Å². The molecule has 182 valence electrons. The first-order chi connectivity index (χ1) is 15.8. The van der Waals surface area contributed by atoms with Gasteiger partial charge < -0.3 is 9.84 Å². The number of rotatable bonds is 6. The Kier molecular flexibility index (Phi) is 7.54. The van der Waals surface area contributed by atoms with E-state index in [2.05, 4.69) is 11.8 Å². The highest BCUT2D eigenvalue weighted by Gasteiger charge is 2.52. The molecule has 0 spiro atoms. The third kappa shape index (κ3) is 5.65. The highest BCUT2D eigenvalue weighted by Crippen LogP contribution is 2.47. The molecule has 0 bridgehead atoms. The van der Waals surface area contributed by atoms with E-state index in [1.807, 2.05) is 6.07 Å². The Morgan fingerprint density at radius 2 is 1.97 bits per heavy atom. The van der Waals surface area contributed by atoms with E-state index in [9.17, 15) is 14.0 Å². The van der Waals surface area contributed by atoms with Crippen LogP contribution in [-0.4, -0.2) is 53.1 Å². The molecule has 4 atom stereocenters. The molecule has 6 heteroatoms. The van der Waals surface area contributed by atoms with Crippen molar-refractivity contribution in [2.24, 2.45) is 11.8 Å². The number of halogens is 1. The standard InChI is InChI=1S/C27H38FNO4/c1-18-5-6-20(21-7-10-25(28)22(14-21)15-26(31)32)4-3-13-29(16-18)24-11-12-27(19(2)30,33-17-24)23-8-9-23/h7,10,14,18,20,23-24H,3-6,8-9,11-13,15-17H2,1-2H3,(H,31,32)/t18-,20?,24-,27-/m1/s1. The van der Waals surface area contributed by atoms with Gasteiger partial charge in [-0.15, -0.1) is 0 Å². The van der Waals surface area contributed by atoms with Crippen LogP contribution < -0.4 is 0 Å². The van der Waals surface area contributed by atoms with Crippen molar-refractivity contribution in [3.8, 4) is 0 Å². The van der Waals surface area contributed by atoms with Crippen LogP contribution in [0.2, 0.25) is 0 Å². The molecule has 1 aromatic rings. The molecule has 1 aromatic carbocycles. The average Bonchev–Trinajstić information content (AvgIpc) is 3.61. The number of carboxylic acid groups (broad SMARTS) is 1. The lowest BCUT2D eigenvalue weighted by atomic mass is 9.83. The largest absolute Gasteiger partial charge is 0.481 e. The van der Waals surface area contributed by atoms with Crippen molar-refractivity contribution < 1.29 is 23.8 Å². The van der Waals surface area contributed by atoms with E-state index in [0.717, 1.165) is 70.0 Å². The number of ketones is 1. The molecule has 2 aliphatic heterocycles. The lowest BCUT2D eigenvalue weighted by Crippen LogP contribution is -2.53. The van der Waals surface area contributed by atoms with Gasteiger partial charge in [-0.3, -0.25) is 14.5 Å². The first-order valence-electron chi connectivity index (χ1n) is 12.7. The molecule has 2 heterocycles. The topological polar surface area (TPSA) is 66.8 Å². The molecule has 0 radical (unpaired) electrons. The van der Waals surface area contributed by atoms with Crippen molar-refractivity contribution in [1.29, 1.82) is 0 Å². The van der Waals surface area contributed by atoms with E-state index >= 15 is 0 Å². The van der Waals surface area contributed by atoms with Crippen LogP contribution >= 0.6 is 0 Å². The van der Waals surface area contributed by atoms with E-state index in [4.69, 9.17) is 9.84 Å². The molecular formula is C27H38FNO4. The number of carbonyl (C=O) groups excluding carboxylic acids is 1. The fourth-order valence-corrected chi connectivity index (χ4v) is 6.07. The third-order valence-electron chi connectivity index (χ3n) is 8.17. The maximum atomic E-state index is 14.1. The molecule has 1 saturated carbocycles. The maximum absolute atomic E-state index is 14.1. The first kappa shape index (κ1) is 24.3. The van der Waals surface area contributed by atoms with Gasteiger partial charge in [0.05, 0.1) is 13.0 Å². The molecule has 1 aliphatic carbocycles. The predicted molar refractivity (Wildman–Crippen MR) is 125 cm³/mol. The summed E-state index contributed by atoms with van der Waals surface area (Å²) in [7, 11) is 0. The Morgan fingerprint density at radius 1 is 1.18 bits per heavy atom. The first-order valence-corrected chi connectivity index (χ1v) is 12.7. The number of aliphatic carboxylic acids is 1. The summed E-state index contributed by atoms with van der Waals surface area (Å²) in [5.74, 6) is 0.0401. The van der Waals surface area contributed by atoms with Gasteiger partial charge in [0, 0.05) is 12.6 Å². The number of benzene rings is 1. The number of Topliss-reactive ketones (excluding diaryl/α,β-unsaturated/α-hetero) is 1. The van der Waals surface area contributed by atoms with Crippen molar-refractivity contribution in [3.63, 3.8) is 0 Å². The monoisotopic (exact) mass is 459 g/mol. The second-order valence-electron chi connectivity index (χ2n) is 10.7. The molecule has 2 saturated heterocycles. The molecule has 0 amide bonds. The van der Waals surface area contributed by atoms with Crippen LogP contribution in [-0.2, 0) is 20.7 Å². The van der Waals surface area contributed by atoms with Crippen LogP contribution in [0.3, 0.4) is 0 Å². The molecule has 3 fully saturated rings. The summed E-state index contributed by atoms with van der Waals surface area (Å²) in [6, 6.07) is 5.39. The van der Waals surface area contributed by atoms with Crippen molar-refractivity contribution in [1.82, 2.24) is 4.90 Å². The minimum atomic E-state index is -1.00. The molecule has 3 aliphatic rings. The molecule has 1 N–H and O–H groups in total. The lowest BCUT2D eigenvalue weighted by molar-refractivity contribution is -0.160. The molecular weight excluding hydrogens is 421 g/mol. The Bertz CT molecular complexity index is 860. The summed E-state index contributed by atoms with van der Waals surface area (Å²) in [5, 5.41) is 9.10. The molecule has 1 unspecified atom stereocenters. The number of nitrogens with zero attached hydrogens (tertiary/aromatic N) is 1. The minimum absolute atomic E-state index is 0.200. The number of carbonyl (C=O) groups is 2. The van der Waals surface area contributed by atoms with Gasteiger partial charge in [-0.05, 0) is 99.8 Å². The number of ether oxygens (including phenoxy) is 1. The Labute approximate surface area is 196 Å². The SMILES string of the molecule is CC(=O)[C@@]1(C2CC2)CC[C@@H](N2CCCC(c3ccc(F)c(CC(=O)O)c3)CC[C@@H](C)C2)CO1. The quantitative estimate of drug-likeness (QED) is 0.651. The second-order valence-corrected chi connectivity index (χ2v) is 10.7. The van der Waals surface area contributed by atoms with Crippen LogP contribution in [0, 0.1) is 17.7 Å². The zero-order chi connectivity index (χ0) is 23.6. The third-order valence-corrected chi connectivity index (χ3v) is 8.17. The summed E-state index contributed by atoms with van der Waals surface area (Å²) in [4.78, 5) is 26.0. The van der Waals surface area contributed by atoms with E-state index in [1.54, 1.807) is 13.0 Å². The maximum Gasteiger partial charge on any atom is 0.307 e. The second kappa shape index (κ2) is 10.2. The summed E-state index contributed by atoms with van der Waals surface area (Å²) in [6.07, 6.45) is 7.97. The predicted octanol–water partition coefficient (Wildman–Crippen LogP) is 4.97. The fraction of sp³-hybridized carbons (Fsp3) is 0.704. The fourth-order valence-electron chi connectivity index (χ4n) is 6.07. The van der Waals surface area contributed by atoms with Crippen LogP contribution in [0.25, 0.3) is 0 Å². The molecule has 0 aromatic heterocycles. The molecule has 4 rings (SSSR count). The van der Waals surface area contributed by atoms with Crippen molar-refractivity contribution in [2.45, 2.75) is 89.2 Å². The highest BCUT2D eigenvalue weighted by atomic mass is 19.1. The number of hydrogen-bond donors (Lipinski definition) is 1. The van der Waals surface area contributed by atoms with Gasteiger partial charge in [-0.1, -0.05) is 19.1 Å². The van der Waals surface area contributed by atoms with Gasteiger partial charge in [-0.25, -0.2) is 4.39 Å². The van der Waals surface area contributed by atoms with Crippen molar-refractivity contribution in [2.75, 3.05) is 19.7 Å². The van der Waals surface area contributed by atoms with Crippen molar-refractivity contribution in [3.05, 3.63) is 35.1 Å². The summed E-state index contributed by atoms with van der Waals surface area (Å²) in [6.45, 7) is 6.66. The summed E-state index contributed by atoms with van der Waals surface area (Å²) >= 11 is 0. The van der Waals surface area contributed by atoms with Crippen LogP contribution in [0.4, 0.5) is 4.39 Å². The van der Waals surface area contributed by atoms with Gasteiger partial charge in [0.15, 0.2) is 5.78 Å². The minimum Gasteiger partial charge on any atom is -0.481 e. The smallest absolute Gasteiger partial charge is 0.307 e. The van der Waals surface area contributed by atoms with E-state index < -0.39 is 17.4 Å². The van der Waals surface area contributed by atoms with Gasteiger partial charge in [-0.2, -0.15) is 0 Å². The molecule has 5 nitrogen and oxygen atoms in total. The van der Waals surface area contributed by atoms with Gasteiger partial charge in [0.25, 0.3) is 0 Å². The Morgan fingerprint density at radius 3 is 2.61 bits per heavy atom. The normalized spacial score (nSPS) is 31.9. The zero-order valence-electron chi connectivity index (χ0n) is 20.0. The summed E-state index contributed by atoms with van der Waals surface area (Å²) in [5.41, 5.74) is 0.812.